The van der Waals surface area contributed by atoms with Gasteiger partial charge in [-0.3, -0.25) is 14.5 Å². The molecule has 2 rings (SSSR count). The standard InChI is InChI=1S/C11H18N2O3/c1-7-2-3-8(16-7)6-13-10(14)5-4-9(12)11(13)15/h7-9H,2-6,12H2,1H3. The number of likely N-dealkylation sites (tertiary alicyclic amines) is 1. The summed E-state index contributed by atoms with van der Waals surface area (Å²) in [6.07, 6.45) is 2.97. The summed E-state index contributed by atoms with van der Waals surface area (Å²) in [6.45, 7) is 2.38. The van der Waals surface area contributed by atoms with E-state index in [9.17, 15) is 9.59 Å². The molecule has 2 aliphatic heterocycles. The van der Waals surface area contributed by atoms with Gasteiger partial charge in [-0.1, -0.05) is 0 Å². The molecule has 0 saturated carbocycles. The summed E-state index contributed by atoms with van der Waals surface area (Å²) >= 11 is 0. The number of piperidine rings is 1. The summed E-state index contributed by atoms with van der Waals surface area (Å²) in [7, 11) is 0. The lowest BCUT2D eigenvalue weighted by molar-refractivity contribution is -0.151. The van der Waals surface area contributed by atoms with Crippen LogP contribution in [0, 0.1) is 0 Å². The zero-order valence-corrected chi connectivity index (χ0v) is 9.52. The molecule has 2 heterocycles. The molecule has 0 spiro atoms. The number of imide groups is 1. The van der Waals surface area contributed by atoms with E-state index in [1.807, 2.05) is 6.92 Å². The lowest BCUT2D eigenvalue weighted by Crippen LogP contribution is -2.53. The average molecular weight is 226 g/mol. The van der Waals surface area contributed by atoms with Crippen molar-refractivity contribution in [2.24, 2.45) is 5.73 Å². The maximum Gasteiger partial charge on any atom is 0.246 e. The molecule has 0 radical (unpaired) electrons. The lowest BCUT2D eigenvalue weighted by Gasteiger charge is -2.30. The van der Waals surface area contributed by atoms with Crippen LogP contribution in [0.1, 0.15) is 32.6 Å². The van der Waals surface area contributed by atoms with Crippen LogP contribution in [0.15, 0.2) is 0 Å². The third kappa shape index (κ3) is 2.25. The monoisotopic (exact) mass is 226 g/mol. The van der Waals surface area contributed by atoms with Crippen molar-refractivity contribution in [1.82, 2.24) is 4.90 Å². The molecular formula is C11H18N2O3. The first kappa shape index (κ1) is 11.5. The Hall–Kier alpha value is -0.940. The van der Waals surface area contributed by atoms with Crippen LogP contribution in [0.25, 0.3) is 0 Å². The molecule has 2 amide bonds. The van der Waals surface area contributed by atoms with Crippen LogP contribution < -0.4 is 5.73 Å². The van der Waals surface area contributed by atoms with Gasteiger partial charge in [-0.2, -0.15) is 0 Å². The highest BCUT2D eigenvalue weighted by atomic mass is 16.5. The predicted octanol–water partition coefficient (Wildman–Crippen LogP) is 0.0302. The number of nitrogens with two attached hydrogens (primary N) is 1. The van der Waals surface area contributed by atoms with Gasteiger partial charge in [-0.15, -0.1) is 0 Å². The molecule has 0 aromatic heterocycles. The summed E-state index contributed by atoms with van der Waals surface area (Å²) in [4.78, 5) is 24.6. The van der Waals surface area contributed by atoms with Crippen LogP contribution in [0.2, 0.25) is 0 Å². The zero-order valence-electron chi connectivity index (χ0n) is 9.52. The van der Waals surface area contributed by atoms with E-state index in [-0.39, 0.29) is 24.0 Å². The largest absolute Gasteiger partial charge is 0.373 e. The first-order chi connectivity index (χ1) is 7.58. The fourth-order valence-corrected chi connectivity index (χ4v) is 2.28. The summed E-state index contributed by atoms with van der Waals surface area (Å²) in [5.41, 5.74) is 5.65. The molecule has 2 fully saturated rings. The third-order valence-electron chi connectivity index (χ3n) is 3.26. The molecule has 16 heavy (non-hydrogen) atoms. The number of hydrogen-bond donors (Lipinski definition) is 1. The molecule has 5 heteroatoms. The Morgan fingerprint density at radius 2 is 2.12 bits per heavy atom. The molecule has 0 aliphatic carbocycles. The lowest BCUT2D eigenvalue weighted by atomic mass is 10.0. The van der Waals surface area contributed by atoms with Gasteiger partial charge < -0.3 is 10.5 Å². The summed E-state index contributed by atoms with van der Waals surface area (Å²) < 4.78 is 5.61. The molecule has 0 aromatic carbocycles. The maximum atomic E-state index is 11.7. The van der Waals surface area contributed by atoms with E-state index < -0.39 is 6.04 Å². The highest BCUT2D eigenvalue weighted by Gasteiger charge is 2.35. The van der Waals surface area contributed by atoms with Crippen molar-refractivity contribution >= 4 is 11.8 Å². The Labute approximate surface area is 94.9 Å². The fraction of sp³-hybridized carbons (Fsp3) is 0.818. The minimum Gasteiger partial charge on any atom is -0.373 e. The first-order valence-corrected chi connectivity index (χ1v) is 5.83. The van der Waals surface area contributed by atoms with Crippen LogP contribution in [-0.2, 0) is 14.3 Å². The number of carbonyl (C=O) groups excluding carboxylic acids is 2. The highest BCUT2D eigenvalue weighted by Crippen LogP contribution is 2.22. The minimum atomic E-state index is -0.517. The van der Waals surface area contributed by atoms with Crippen molar-refractivity contribution in [2.75, 3.05) is 6.54 Å². The smallest absolute Gasteiger partial charge is 0.246 e. The van der Waals surface area contributed by atoms with E-state index in [0.29, 0.717) is 19.4 Å². The van der Waals surface area contributed by atoms with Crippen molar-refractivity contribution in [3.63, 3.8) is 0 Å². The van der Waals surface area contributed by atoms with Crippen molar-refractivity contribution < 1.29 is 14.3 Å². The van der Waals surface area contributed by atoms with Crippen molar-refractivity contribution in [2.45, 2.75) is 50.9 Å². The first-order valence-electron chi connectivity index (χ1n) is 5.83. The van der Waals surface area contributed by atoms with Gasteiger partial charge in [0.1, 0.15) is 0 Å². The van der Waals surface area contributed by atoms with Gasteiger partial charge >= 0.3 is 0 Å². The number of rotatable bonds is 2. The number of ether oxygens (including phenoxy) is 1. The normalized spacial score (nSPS) is 35.9. The minimum absolute atomic E-state index is 0.00630. The van der Waals surface area contributed by atoms with E-state index in [2.05, 4.69) is 0 Å². The second kappa shape index (κ2) is 4.51. The van der Waals surface area contributed by atoms with Crippen LogP contribution >= 0.6 is 0 Å². The Morgan fingerprint density at radius 3 is 2.75 bits per heavy atom. The van der Waals surface area contributed by atoms with Gasteiger partial charge in [0.2, 0.25) is 11.8 Å². The molecule has 2 saturated heterocycles. The van der Waals surface area contributed by atoms with Gasteiger partial charge in [0.15, 0.2) is 0 Å². The van der Waals surface area contributed by atoms with Crippen LogP contribution in [0.3, 0.4) is 0 Å². The number of amides is 2. The molecule has 90 valence electrons. The van der Waals surface area contributed by atoms with Crippen LogP contribution in [0.5, 0.6) is 0 Å². The molecule has 5 nitrogen and oxygen atoms in total. The van der Waals surface area contributed by atoms with E-state index in [1.54, 1.807) is 0 Å². The van der Waals surface area contributed by atoms with Gasteiger partial charge in [-0.05, 0) is 26.2 Å². The molecule has 0 bridgehead atoms. The van der Waals surface area contributed by atoms with Crippen molar-refractivity contribution in [1.29, 1.82) is 0 Å². The molecule has 0 aromatic rings. The quantitative estimate of drug-likeness (QED) is 0.674. The second-order valence-corrected chi connectivity index (χ2v) is 4.63. The second-order valence-electron chi connectivity index (χ2n) is 4.63. The zero-order chi connectivity index (χ0) is 11.7. The highest BCUT2D eigenvalue weighted by molar-refractivity contribution is 6.00. The third-order valence-corrected chi connectivity index (χ3v) is 3.26. The Morgan fingerprint density at radius 1 is 1.38 bits per heavy atom. The Bertz CT molecular complexity index is 306. The van der Waals surface area contributed by atoms with Crippen molar-refractivity contribution in [3.8, 4) is 0 Å². The average Bonchev–Trinajstić information content (AvgIpc) is 2.65. The summed E-state index contributed by atoms with van der Waals surface area (Å²) in [5.74, 6) is -0.366. The Balaban J connectivity index is 1.96. The van der Waals surface area contributed by atoms with Gasteiger partial charge in [0.05, 0.1) is 24.8 Å². The van der Waals surface area contributed by atoms with E-state index >= 15 is 0 Å². The topological polar surface area (TPSA) is 72.6 Å². The molecular weight excluding hydrogens is 208 g/mol. The maximum absolute atomic E-state index is 11.7. The van der Waals surface area contributed by atoms with E-state index in [0.717, 1.165) is 12.8 Å². The van der Waals surface area contributed by atoms with Gasteiger partial charge in [-0.25, -0.2) is 0 Å². The van der Waals surface area contributed by atoms with E-state index in [1.165, 1.54) is 4.90 Å². The number of nitrogens with zero attached hydrogens (tertiary/aromatic N) is 1. The number of hydrogen-bond acceptors (Lipinski definition) is 4. The van der Waals surface area contributed by atoms with Crippen LogP contribution in [0.4, 0.5) is 0 Å². The molecule has 3 unspecified atom stereocenters. The summed E-state index contributed by atoms with van der Waals surface area (Å²) in [6, 6.07) is -0.517. The molecule has 2 N–H and O–H groups in total. The number of carbonyl (C=O) groups is 2. The van der Waals surface area contributed by atoms with Gasteiger partial charge in [0.25, 0.3) is 0 Å². The molecule has 3 atom stereocenters. The SMILES string of the molecule is CC1CCC(CN2C(=O)CCC(N)C2=O)O1. The predicted molar refractivity (Wildman–Crippen MR) is 57.5 cm³/mol. The molecule has 2 aliphatic rings. The van der Waals surface area contributed by atoms with Crippen LogP contribution in [-0.4, -0.2) is 41.5 Å². The summed E-state index contributed by atoms with van der Waals surface area (Å²) in [5, 5.41) is 0. The van der Waals surface area contributed by atoms with E-state index in [4.69, 9.17) is 10.5 Å². The Kier molecular flexibility index (Phi) is 3.25. The van der Waals surface area contributed by atoms with Gasteiger partial charge in [0, 0.05) is 6.42 Å². The fourth-order valence-electron chi connectivity index (χ4n) is 2.28. The van der Waals surface area contributed by atoms with Crippen molar-refractivity contribution in [3.05, 3.63) is 0 Å².